The van der Waals surface area contributed by atoms with Gasteiger partial charge in [0.25, 0.3) is 0 Å². The molecule has 0 saturated carbocycles. The lowest BCUT2D eigenvalue weighted by atomic mass is 10.2. The van der Waals surface area contributed by atoms with Crippen LogP contribution in [0.15, 0.2) is 18.2 Å². The van der Waals surface area contributed by atoms with Gasteiger partial charge in [-0.25, -0.2) is 4.79 Å². The van der Waals surface area contributed by atoms with Crippen LogP contribution in [0.5, 0.6) is 0 Å². The zero-order valence-electron chi connectivity index (χ0n) is 11.5. The molecule has 1 aromatic carbocycles. The van der Waals surface area contributed by atoms with E-state index in [2.05, 4.69) is 10.6 Å². The highest BCUT2D eigenvalue weighted by Crippen LogP contribution is 2.22. The summed E-state index contributed by atoms with van der Waals surface area (Å²) >= 11 is 11.7. The molecule has 0 radical (unpaired) electrons. The Bertz CT molecular complexity index is 505. The topological polar surface area (TPSA) is 87.7 Å². The van der Waals surface area contributed by atoms with Crippen LogP contribution in [0.1, 0.15) is 6.92 Å². The quantitative estimate of drug-likeness (QED) is 0.709. The van der Waals surface area contributed by atoms with Gasteiger partial charge in [0.05, 0.1) is 6.61 Å². The van der Waals surface area contributed by atoms with Crippen molar-refractivity contribution in [3.8, 4) is 0 Å². The Balaban J connectivity index is 2.67. The van der Waals surface area contributed by atoms with Gasteiger partial charge in [-0.15, -0.1) is 0 Å². The van der Waals surface area contributed by atoms with Crippen LogP contribution >= 0.6 is 23.2 Å². The second kappa shape index (κ2) is 8.07. The molecule has 0 aliphatic heterocycles. The van der Waals surface area contributed by atoms with Crippen molar-refractivity contribution >= 4 is 40.8 Å². The number of methoxy groups -OCH3 is 1. The van der Waals surface area contributed by atoms with Crippen molar-refractivity contribution in [3.05, 3.63) is 28.2 Å². The van der Waals surface area contributed by atoms with E-state index in [0.717, 1.165) is 0 Å². The third-order valence-corrected chi connectivity index (χ3v) is 3.02. The second-order valence-corrected chi connectivity index (χ2v) is 5.25. The van der Waals surface area contributed by atoms with Gasteiger partial charge >= 0.3 is 5.97 Å². The first-order valence-electron chi connectivity index (χ1n) is 6.08. The van der Waals surface area contributed by atoms with E-state index in [9.17, 15) is 9.59 Å². The standard InChI is InChI=1S/C13H16Cl2N2O4/c1-7(12(18)17-11(6-21-2)13(19)20)16-10-4-8(14)3-9(15)5-10/h3-5,7,11,16H,6H2,1-2H3,(H,17,18)(H,19,20)/t7-,11-/m0/s1. The largest absolute Gasteiger partial charge is 0.480 e. The number of halogens is 2. The van der Waals surface area contributed by atoms with Crippen molar-refractivity contribution < 1.29 is 19.4 Å². The van der Waals surface area contributed by atoms with E-state index in [1.807, 2.05) is 0 Å². The number of anilines is 1. The summed E-state index contributed by atoms with van der Waals surface area (Å²) in [5.41, 5.74) is 0.564. The molecule has 0 aliphatic carbocycles. The van der Waals surface area contributed by atoms with Crippen molar-refractivity contribution in [2.75, 3.05) is 19.0 Å². The molecule has 0 heterocycles. The summed E-state index contributed by atoms with van der Waals surface area (Å²) in [5.74, 6) is -1.64. The molecule has 0 spiro atoms. The maximum absolute atomic E-state index is 11.9. The molecule has 1 rings (SSSR count). The van der Waals surface area contributed by atoms with Gasteiger partial charge in [-0.05, 0) is 25.1 Å². The molecule has 1 aromatic rings. The number of carboxylic acid groups (broad SMARTS) is 1. The van der Waals surface area contributed by atoms with Crippen molar-refractivity contribution in [1.82, 2.24) is 5.32 Å². The molecule has 0 bridgehead atoms. The summed E-state index contributed by atoms with van der Waals surface area (Å²) in [7, 11) is 1.36. The van der Waals surface area contributed by atoms with Gasteiger partial charge in [0.15, 0.2) is 6.04 Å². The number of hydrogen-bond donors (Lipinski definition) is 3. The van der Waals surface area contributed by atoms with E-state index < -0.39 is 24.0 Å². The summed E-state index contributed by atoms with van der Waals surface area (Å²) < 4.78 is 4.74. The molecule has 0 aliphatic rings. The van der Waals surface area contributed by atoms with Crippen LogP contribution in [0.2, 0.25) is 10.0 Å². The summed E-state index contributed by atoms with van der Waals surface area (Å²) in [4.78, 5) is 22.9. The van der Waals surface area contributed by atoms with Crippen molar-refractivity contribution in [1.29, 1.82) is 0 Å². The number of rotatable bonds is 7. The van der Waals surface area contributed by atoms with E-state index in [0.29, 0.717) is 15.7 Å². The first-order chi connectivity index (χ1) is 9.83. The normalized spacial score (nSPS) is 13.3. The molecule has 3 N–H and O–H groups in total. The minimum atomic E-state index is -1.16. The number of aliphatic carboxylic acids is 1. The highest BCUT2D eigenvalue weighted by Gasteiger charge is 2.22. The van der Waals surface area contributed by atoms with Crippen LogP contribution in [0.4, 0.5) is 5.69 Å². The van der Waals surface area contributed by atoms with Gasteiger partial charge in [-0.1, -0.05) is 23.2 Å². The van der Waals surface area contributed by atoms with Crippen molar-refractivity contribution in [2.24, 2.45) is 0 Å². The molecule has 6 nitrogen and oxygen atoms in total. The number of hydrogen-bond acceptors (Lipinski definition) is 4. The molecule has 116 valence electrons. The minimum Gasteiger partial charge on any atom is -0.480 e. The van der Waals surface area contributed by atoms with E-state index in [4.69, 9.17) is 33.0 Å². The molecular formula is C13H16Cl2N2O4. The van der Waals surface area contributed by atoms with Crippen LogP contribution in [0, 0.1) is 0 Å². The summed E-state index contributed by atoms with van der Waals surface area (Å²) in [6.45, 7) is 1.48. The predicted molar refractivity (Wildman–Crippen MR) is 81.0 cm³/mol. The van der Waals surface area contributed by atoms with Crippen molar-refractivity contribution in [2.45, 2.75) is 19.0 Å². The van der Waals surface area contributed by atoms with Gasteiger partial charge in [0.1, 0.15) is 6.04 Å². The Morgan fingerprint density at radius 2 is 1.86 bits per heavy atom. The lowest BCUT2D eigenvalue weighted by Gasteiger charge is -2.19. The number of amides is 1. The third kappa shape index (κ3) is 5.79. The number of carbonyl (C=O) groups excluding carboxylic acids is 1. The second-order valence-electron chi connectivity index (χ2n) is 4.38. The fourth-order valence-electron chi connectivity index (χ4n) is 1.59. The Kier molecular flexibility index (Phi) is 6.74. The van der Waals surface area contributed by atoms with Crippen LogP contribution in [0.3, 0.4) is 0 Å². The number of benzene rings is 1. The fourth-order valence-corrected chi connectivity index (χ4v) is 2.12. The Morgan fingerprint density at radius 3 is 2.33 bits per heavy atom. The lowest BCUT2D eigenvalue weighted by Crippen LogP contribution is -2.48. The fraction of sp³-hybridized carbons (Fsp3) is 0.385. The monoisotopic (exact) mass is 334 g/mol. The molecule has 0 fully saturated rings. The summed E-state index contributed by atoms with van der Waals surface area (Å²) in [5, 5.41) is 15.1. The molecule has 21 heavy (non-hydrogen) atoms. The average Bonchev–Trinajstić information content (AvgIpc) is 2.36. The van der Waals surface area contributed by atoms with Gasteiger partial charge in [-0.2, -0.15) is 0 Å². The van der Waals surface area contributed by atoms with Crippen molar-refractivity contribution in [3.63, 3.8) is 0 Å². The molecule has 0 aromatic heterocycles. The Hall–Kier alpha value is -1.50. The summed E-state index contributed by atoms with van der Waals surface area (Å²) in [6.07, 6.45) is 0. The number of carbonyl (C=O) groups is 2. The first-order valence-corrected chi connectivity index (χ1v) is 6.84. The molecule has 2 atom stereocenters. The molecule has 8 heteroatoms. The summed E-state index contributed by atoms with van der Waals surface area (Å²) in [6, 6.07) is 3.02. The van der Waals surface area contributed by atoms with E-state index in [-0.39, 0.29) is 6.61 Å². The highest BCUT2D eigenvalue weighted by atomic mass is 35.5. The van der Waals surface area contributed by atoms with Crippen LogP contribution in [-0.2, 0) is 14.3 Å². The maximum atomic E-state index is 11.9. The SMILES string of the molecule is COC[C@H](NC(=O)[C@H](C)Nc1cc(Cl)cc(Cl)c1)C(=O)O. The first kappa shape index (κ1) is 17.6. The van der Waals surface area contributed by atoms with Crippen LogP contribution < -0.4 is 10.6 Å². The van der Waals surface area contributed by atoms with Gasteiger partial charge in [-0.3, -0.25) is 4.79 Å². The van der Waals surface area contributed by atoms with E-state index >= 15 is 0 Å². The lowest BCUT2D eigenvalue weighted by molar-refractivity contribution is -0.143. The molecule has 0 saturated heterocycles. The molecule has 0 unspecified atom stereocenters. The highest BCUT2D eigenvalue weighted by molar-refractivity contribution is 6.35. The van der Waals surface area contributed by atoms with Gasteiger partial charge < -0.3 is 20.5 Å². The minimum absolute atomic E-state index is 0.114. The number of carboxylic acids is 1. The van der Waals surface area contributed by atoms with Gasteiger partial charge in [0, 0.05) is 22.8 Å². The zero-order chi connectivity index (χ0) is 16.0. The molecular weight excluding hydrogens is 319 g/mol. The number of ether oxygens (including phenoxy) is 1. The van der Waals surface area contributed by atoms with Crippen LogP contribution in [-0.4, -0.2) is 42.8 Å². The zero-order valence-corrected chi connectivity index (χ0v) is 13.0. The Labute approximate surface area is 132 Å². The van der Waals surface area contributed by atoms with E-state index in [1.54, 1.807) is 25.1 Å². The van der Waals surface area contributed by atoms with Crippen LogP contribution in [0.25, 0.3) is 0 Å². The van der Waals surface area contributed by atoms with Gasteiger partial charge in [0.2, 0.25) is 5.91 Å². The number of nitrogens with one attached hydrogen (secondary N) is 2. The average molecular weight is 335 g/mol. The van der Waals surface area contributed by atoms with E-state index in [1.165, 1.54) is 7.11 Å². The maximum Gasteiger partial charge on any atom is 0.328 e. The third-order valence-electron chi connectivity index (χ3n) is 2.59. The Morgan fingerprint density at radius 1 is 1.29 bits per heavy atom. The predicted octanol–water partition coefficient (Wildman–Crippen LogP) is 2.01. The smallest absolute Gasteiger partial charge is 0.328 e. The molecule has 1 amide bonds.